The molecule has 0 radical (unpaired) electrons. The molecule has 4 nitrogen and oxygen atoms in total. The summed E-state index contributed by atoms with van der Waals surface area (Å²) in [6, 6.07) is 0. The Labute approximate surface area is 137 Å². The van der Waals surface area contributed by atoms with Crippen molar-refractivity contribution in [2.45, 2.75) is 71.1 Å². The number of esters is 2. The highest BCUT2D eigenvalue weighted by molar-refractivity contribution is 9.09. The van der Waals surface area contributed by atoms with Crippen LogP contribution in [-0.4, -0.2) is 30.5 Å². The number of carbonyl (C=O) groups is 2. The zero-order valence-electron chi connectivity index (χ0n) is 13.2. The standard InChI is InChI=1S/C16H29BrO4/c1-2-3-8-13-20-15(18)10-11-16(19)21-14-9-6-4-5-7-12-17/h2-14H2,1H3. The maximum atomic E-state index is 11.4. The number of ether oxygens (including phenoxy) is 2. The third-order valence-corrected chi connectivity index (χ3v) is 3.65. The van der Waals surface area contributed by atoms with E-state index in [1.807, 2.05) is 0 Å². The lowest BCUT2D eigenvalue weighted by molar-refractivity contribution is -0.150. The van der Waals surface area contributed by atoms with Crippen LogP contribution in [0.5, 0.6) is 0 Å². The maximum Gasteiger partial charge on any atom is 0.306 e. The van der Waals surface area contributed by atoms with Gasteiger partial charge in [-0.3, -0.25) is 9.59 Å². The van der Waals surface area contributed by atoms with Gasteiger partial charge in [0.05, 0.1) is 26.1 Å². The van der Waals surface area contributed by atoms with E-state index in [4.69, 9.17) is 9.47 Å². The van der Waals surface area contributed by atoms with Gasteiger partial charge in [0.1, 0.15) is 0 Å². The second-order valence-corrected chi connectivity index (χ2v) is 5.90. The van der Waals surface area contributed by atoms with Crippen molar-refractivity contribution in [3.63, 3.8) is 0 Å². The lowest BCUT2D eigenvalue weighted by atomic mass is 10.2. The van der Waals surface area contributed by atoms with Crippen molar-refractivity contribution >= 4 is 27.9 Å². The van der Waals surface area contributed by atoms with E-state index in [9.17, 15) is 9.59 Å². The van der Waals surface area contributed by atoms with E-state index in [0.717, 1.165) is 37.4 Å². The van der Waals surface area contributed by atoms with Gasteiger partial charge in [-0.2, -0.15) is 0 Å². The van der Waals surface area contributed by atoms with Gasteiger partial charge < -0.3 is 9.47 Å². The van der Waals surface area contributed by atoms with E-state index >= 15 is 0 Å². The van der Waals surface area contributed by atoms with Crippen LogP contribution < -0.4 is 0 Å². The molecule has 124 valence electrons. The number of rotatable bonds is 14. The van der Waals surface area contributed by atoms with Crippen molar-refractivity contribution in [3.8, 4) is 0 Å². The first kappa shape index (κ1) is 20.4. The predicted molar refractivity (Wildman–Crippen MR) is 87.6 cm³/mol. The lowest BCUT2D eigenvalue weighted by Gasteiger charge is -2.06. The maximum absolute atomic E-state index is 11.4. The van der Waals surface area contributed by atoms with Gasteiger partial charge in [0.15, 0.2) is 0 Å². The molecule has 0 saturated carbocycles. The van der Waals surface area contributed by atoms with Crippen LogP contribution in [0.1, 0.15) is 71.1 Å². The second kappa shape index (κ2) is 15.8. The molecule has 0 bridgehead atoms. The first-order chi connectivity index (χ1) is 10.2. The molecule has 0 aromatic heterocycles. The monoisotopic (exact) mass is 364 g/mol. The normalized spacial score (nSPS) is 10.4. The van der Waals surface area contributed by atoms with Crippen LogP contribution in [0.15, 0.2) is 0 Å². The molecule has 21 heavy (non-hydrogen) atoms. The number of hydrogen-bond donors (Lipinski definition) is 0. The summed E-state index contributed by atoms with van der Waals surface area (Å²) in [4.78, 5) is 22.8. The molecule has 0 unspecified atom stereocenters. The molecule has 0 saturated heterocycles. The van der Waals surface area contributed by atoms with Crippen molar-refractivity contribution in [1.29, 1.82) is 0 Å². The molecule has 0 aliphatic rings. The molecule has 0 aromatic rings. The number of hydrogen-bond acceptors (Lipinski definition) is 4. The van der Waals surface area contributed by atoms with Crippen molar-refractivity contribution in [3.05, 3.63) is 0 Å². The van der Waals surface area contributed by atoms with Crippen LogP contribution in [0, 0.1) is 0 Å². The summed E-state index contributed by atoms with van der Waals surface area (Å²) < 4.78 is 10.1. The van der Waals surface area contributed by atoms with Crippen LogP contribution in [0.25, 0.3) is 0 Å². The SMILES string of the molecule is CCCCCOC(=O)CCC(=O)OCCCCCCCBr. The molecule has 0 fully saturated rings. The topological polar surface area (TPSA) is 52.6 Å². The van der Waals surface area contributed by atoms with Gasteiger partial charge in [-0.25, -0.2) is 0 Å². The third kappa shape index (κ3) is 15.6. The van der Waals surface area contributed by atoms with Gasteiger partial charge in [0, 0.05) is 5.33 Å². The van der Waals surface area contributed by atoms with Crippen LogP contribution >= 0.6 is 15.9 Å². The third-order valence-electron chi connectivity index (χ3n) is 3.09. The lowest BCUT2D eigenvalue weighted by Crippen LogP contribution is -2.11. The molecule has 0 amide bonds. The van der Waals surface area contributed by atoms with Gasteiger partial charge in [0.2, 0.25) is 0 Å². The van der Waals surface area contributed by atoms with Crippen LogP contribution in [0.2, 0.25) is 0 Å². The molecule has 0 rings (SSSR count). The zero-order chi connectivity index (χ0) is 15.8. The Morgan fingerprint density at radius 2 is 1.24 bits per heavy atom. The Morgan fingerprint density at radius 1 is 0.762 bits per heavy atom. The van der Waals surface area contributed by atoms with Crippen molar-refractivity contribution < 1.29 is 19.1 Å². The van der Waals surface area contributed by atoms with Gasteiger partial charge >= 0.3 is 11.9 Å². The molecule has 0 aromatic carbocycles. The minimum Gasteiger partial charge on any atom is -0.466 e. The highest BCUT2D eigenvalue weighted by Crippen LogP contribution is 2.05. The van der Waals surface area contributed by atoms with Crippen molar-refractivity contribution in [2.24, 2.45) is 0 Å². The number of carbonyl (C=O) groups excluding carboxylic acids is 2. The highest BCUT2D eigenvalue weighted by Gasteiger charge is 2.08. The predicted octanol–water partition coefficient (Wildman–Crippen LogP) is 4.39. The summed E-state index contributed by atoms with van der Waals surface area (Å²) in [5.74, 6) is -0.612. The highest BCUT2D eigenvalue weighted by atomic mass is 79.9. The molecular weight excluding hydrogens is 336 g/mol. The summed E-state index contributed by atoms with van der Waals surface area (Å²) in [7, 11) is 0. The number of halogens is 1. The van der Waals surface area contributed by atoms with E-state index in [-0.39, 0.29) is 24.8 Å². The Kier molecular flexibility index (Phi) is 15.4. The zero-order valence-corrected chi connectivity index (χ0v) is 14.8. The van der Waals surface area contributed by atoms with Gasteiger partial charge in [-0.1, -0.05) is 55.0 Å². The van der Waals surface area contributed by atoms with E-state index in [1.165, 1.54) is 19.3 Å². The van der Waals surface area contributed by atoms with Crippen molar-refractivity contribution in [2.75, 3.05) is 18.5 Å². The fourth-order valence-electron chi connectivity index (χ4n) is 1.80. The first-order valence-electron chi connectivity index (χ1n) is 8.08. The molecule has 0 aliphatic heterocycles. The van der Waals surface area contributed by atoms with Gasteiger partial charge in [-0.15, -0.1) is 0 Å². The summed E-state index contributed by atoms with van der Waals surface area (Å²) in [6.45, 7) is 3.01. The minimum atomic E-state index is -0.308. The fraction of sp³-hybridized carbons (Fsp3) is 0.875. The average molecular weight is 365 g/mol. The Morgan fingerprint density at radius 3 is 1.76 bits per heavy atom. The minimum absolute atomic E-state index is 0.121. The number of unbranched alkanes of at least 4 members (excludes halogenated alkanes) is 6. The molecule has 0 atom stereocenters. The smallest absolute Gasteiger partial charge is 0.306 e. The quantitative estimate of drug-likeness (QED) is 0.260. The molecule has 0 spiro atoms. The molecule has 0 heterocycles. The summed E-state index contributed by atoms with van der Waals surface area (Å²) in [5, 5.41) is 1.05. The summed E-state index contributed by atoms with van der Waals surface area (Å²) in [5.41, 5.74) is 0. The van der Waals surface area contributed by atoms with Crippen LogP contribution in [0.3, 0.4) is 0 Å². The van der Waals surface area contributed by atoms with Gasteiger partial charge in [0.25, 0.3) is 0 Å². The number of alkyl halides is 1. The molecule has 0 N–H and O–H groups in total. The molecular formula is C16H29BrO4. The van der Waals surface area contributed by atoms with E-state index in [0.29, 0.717) is 13.2 Å². The van der Waals surface area contributed by atoms with Crippen LogP contribution in [-0.2, 0) is 19.1 Å². The Bertz CT molecular complexity index is 269. The second-order valence-electron chi connectivity index (χ2n) is 5.10. The summed E-state index contributed by atoms with van der Waals surface area (Å²) in [6.07, 6.45) is 8.85. The Balaban J connectivity index is 3.35. The Hall–Kier alpha value is -0.580. The van der Waals surface area contributed by atoms with E-state index < -0.39 is 0 Å². The van der Waals surface area contributed by atoms with Gasteiger partial charge in [-0.05, 0) is 19.3 Å². The fourth-order valence-corrected chi connectivity index (χ4v) is 2.20. The van der Waals surface area contributed by atoms with Crippen LogP contribution in [0.4, 0.5) is 0 Å². The largest absolute Gasteiger partial charge is 0.466 e. The molecule has 5 heteroatoms. The van der Waals surface area contributed by atoms with E-state index in [2.05, 4.69) is 22.9 Å². The van der Waals surface area contributed by atoms with E-state index in [1.54, 1.807) is 0 Å². The average Bonchev–Trinajstić information content (AvgIpc) is 2.48. The first-order valence-corrected chi connectivity index (χ1v) is 9.20. The summed E-state index contributed by atoms with van der Waals surface area (Å²) >= 11 is 3.40. The van der Waals surface area contributed by atoms with Crippen molar-refractivity contribution in [1.82, 2.24) is 0 Å². The molecule has 0 aliphatic carbocycles.